The van der Waals surface area contributed by atoms with E-state index in [1.807, 2.05) is 6.07 Å². The van der Waals surface area contributed by atoms with E-state index in [9.17, 15) is 10.2 Å². The van der Waals surface area contributed by atoms with Crippen molar-refractivity contribution in [2.45, 2.75) is 44.7 Å². The Morgan fingerprint density at radius 2 is 1.60 bits per heavy atom. The molecule has 20 heavy (non-hydrogen) atoms. The van der Waals surface area contributed by atoms with Gasteiger partial charge in [-0.25, -0.2) is 0 Å². The molecule has 4 aliphatic carbocycles. The number of nitrogens with one attached hydrogen (secondary N) is 1. The van der Waals surface area contributed by atoms with Gasteiger partial charge >= 0.3 is 0 Å². The molecule has 0 atom stereocenters. The number of phenolic OH excluding ortho intramolecular Hbond substituents is 2. The predicted molar refractivity (Wildman–Crippen MR) is 77.4 cm³/mol. The lowest BCUT2D eigenvalue weighted by Crippen LogP contribution is -2.54. The van der Waals surface area contributed by atoms with Gasteiger partial charge in [-0.05, 0) is 61.8 Å². The van der Waals surface area contributed by atoms with E-state index in [0.717, 1.165) is 29.2 Å². The van der Waals surface area contributed by atoms with E-state index in [-0.39, 0.29) is 11.5 Å². The molecule has 0 amide bonds. The van der Waals surface area contributed by atoms with Crippen LogP contribution in [-0.2, 0) is 6.54 Å². The third-order valence-electron chi connectivity index (χ3n) is 5.85. The van der Waals surface area contributed by atoms with E-state index >= 15 is 0 Å². The van der Waals surface area contributed by atoms with Crippen LogP contribution in [0.2, 0.25) is 0 Å². The van der Waals surface area contributed by atoms with Crippen LogP contribution in [0.25, 0.3) is 0 Å². The maximum Gasteiger partial charge on any atom is 0.161 e. The first-order valence-corrected chi connectivity index (χ1v) is 7.94. The van der Waals surface area contributed by atoms with Gasteiger partial charge in [-0.15, -0.1) is 0 Å². The highest BCUT2D eigenvalue weighted by atomic mass is 16.3. The summed E-state index contributed by atoms with van der Waals surface area (Å²) in [5, 5.41) is 23.1. The third-order valence-corrected chi connectivity index (χ3v) is 5.85. The van der Waals surface area contributed by atoms with Gasteiger partial charge in [0.1, 0.15) is 0 Å². The van der Waals surface area contributed by atoms with Crippen LogP contribution < -0.4 is 5.32 Å². The molecule has 4 bridgehead atoms. The summed E-state index contributed by atoms with van der Waals surface area (Å²) in [5.41, 5.74) is 0.804. The second kappa shape index (κ2) is 4.66. The molecule has 4 aliphatic rings. The van der Waals surface area contributed by atoms with Crippen LogP contribution in [-0.4, -0.2) is 16.3 Å². The molecule has 5 rings (SSSR count). The normalized spacial score (nSPS) is 38.3. The van der Waals surface area contributed by atoms with E-state index in [1.165, 1.54) is 38.2 Å². The molecule has 0 spiro atoms. The summed E-state index contributed by atoms with van der Waals surface area (Å²) in [4.78, 5) is 0. The second-order valence-electron chi connectivity index (χ2n) is 7.12. The summed E-state index contributed by atoms with van der Waals surface area (Å²) in [6.07, 6.45) is 7.08. The smallest absolute Gasteiger partial charge is 0.161 e. The number of benzene rings is 1. The van der Waals surface area contributed by atoms with Crippen molar-refractivity contribution in [2.75, 3.05) is 0 Å². The maximum absolute atomic E-state index is 9.89. The quantitative estimate of drug-likeness (QED) is 0.742. The lowest BCUT2D eigenvalue weighted by molar-refractivity contribution is -0.0143. The lowest BCUT2D eigenvalue weighted by atomic mass is 9.54. The van der Waals surface area contributed by atoms with Crippen LogP contribution >= 0.6 is 0 Å². The van der Waals surface area contributed by atoms with E-state index < -0.39 is 0 Å². The summed E-state index contributed by atoms with van der Waals surface area (Å²) in [6.45, 7) is 0.660. The van der Waals surface area contributed by atoms with Gasteiger partial charge < -0.3 is 15.5 Å². The van der Waals surface area contributed by atoms with Crippen molar-refractivity contribution >= 4 is 0 Å². The fourth-order valence-corrected chi connectivity index (χ4v) is 5.21. The third kappa shape index (κ3) is 1.99. The highest BCUT2D eigenvalue weighted by Gasteiger charge is 2.47. The number of phenols is 2. The van der Waals surface area contributed by atoms with Crippen LogP contribution in [0.15, 0.2) is 18.2 Å². The molecule has 0 saturated heterocycles. The fraction of sp³-hybridized carbons (Fsp3) is 0.647. The lowest BCUT2D eigenvalue weighted by Gasteiger charge is -2.54. The summed E-state index contributed by atoms with van der Waals surface area (Å²) >= 11 is 0. The molecule has 0 unspecified atom stereocenters. The second-order valence-corrected chi connectivity index (χ2v) is 7.12. The molecular weight excluding hydrogens is 250 g/mol. The van der Waals surface area contributed by atoms with Gasteiger partial charge in [0.05, 0.1) is 0 Å². The Bertz CT molecular complexity index is 486. The van der Waals surface area contributed by atoms with E-state index in [2.05, 4.69) is 5.32 Å². The Morgan fingerprint density at radius 3 is 2.25 bits per heavy atom. The van der Waals surface area contributed by atoms with E-state index in [0.29, 0.717) is 12.6 Å². The largest absolute Gasteiger partial charge is 0.504 e. The van der Waals surface area contributed by atoms with Crippen molar-refractivity contribution in [3.63, 3.8) is 0 Å². The average Bonchev–Trinajstić information content (AvgIpc) is 2.41. The highest BCUT2D eigenvalue weighted by Crippen LogP contribution is 2.53. The molecule has 0 heterocycles. The van der Waals surface area contributed by atoms with Gasteiger partial charge in [-0.2, -0.15) is 0 Å². The summed E-state index contributed by atoms with van der Waals surface area (Å²) in [6, 6.07) is 5.83. The topological polar surface area (TPSA) is 52.5 Å². The summed E-state index contributed by atoms with van der Waals surface area (Å²) < 4.78 is 0. The molecule has 108 valence electrons. The molecular formula is C17H23NO2. The molecule has 0 aliphatic heterocycles. The number of para-hydroxylation sites is 1. The Morgan fingerprint density at radius 1 is 0.950 bits per heavy atom. The van der Waals surface area contributed by atoms with Crippen LogP contribution in [0.3, 0.4) is 0 Å². The Balaban J connectivity index is 1.46. The fourth-order valence-electron chi connectivity index (χ4n) is 5.21. The van der Waals surface area contributed by atoms with Gasteiger partial charge in [-0.3, -0.25) is 0 Å². The molecule has 3 heteroatoms. The zero-order valence-electron chi connectivity index (χ0n) is 11.8. The first-order valence-electron chi connectivity index (χ1n) is 7.94. The van der Waals surface area contributed by atoms with Crippen molar-refractivity contribution < 1.29 is 10.2 Å². The van der Waals surface area contributed by atoms with E-state index in [4.69, 9.17) is 0 Å². The monoisotopic (exact) mass is 273 g/mol. The van der Waals surface area contributed by atoms with Crippen LogP contribution in [0.5, 0.6) is 11.5 Å². The first kappa shape index (κ1) is 12.5. The van der Waals surface area contributed by atoms with Gasteiger partial charge in [-0.1, -0.05) is 12.1 Å². The Kier molecular flexibility index (Phi) is 2.92. The molecule has 1 aromatic rings. The molecule has 0 radical (unpaired) electrons. The predicted octanol–water partition coefficient (Wildman–Crippen LogP) is 3.01. The minimum atomic E-state index is -0.0191. The molecule has 1 aromatic carbocycles. The number of rotatable bonds is 3. The minimum Gasteiger partial charge on any atom is -0.504 e. The van der Waals surface area contributed by atoms with Crippen molar-refractivity contribution in [3.05, 3.63) is 23.8 Å². The standard InChI is InChI=1S/C17H23NO2/c19-15-3-1-2-12(17(15)20)9-18-16-13-5-10-4-11(7-13)8-14(16)6-10/h1-3,10-11,13-14,16,18-20H,4-9H2. The number of aromatic hydroxyl groups is 2. The molecule has 3 N–H and O–H groups in total. The zero-order chi connectivity index (χ0) is 13.7. The number of hydrogen-bond acceptors (Lipinski definition) is 3. The highest BCUT2D eigenvalue weighted by molar-refractivity contribution is 5.44. The molecule has 4 saturated carbocycles. The minimum absolute atomic E-state index is 0.0191. The van der Waals surface area contributed by atoms with Gasteiger partial charge in [0.2, 0.25) is 0 Å². The zero-order valence-corrected chi connectivity index (χ0v) is 11.8. The Hall–Kier alpha value is -1.22. The Labute approximate surface area is 120 Å². The maximum atomic E-state index is 9.89. The first-order chi connectivity index (χ1) is 9.70. The van der Waals surface area contributed by atoms with Crippen LogP contribution in [0.4, 0.5) is 0 Å². The van der Waals surface area contributed by atoms with Crippen LogP contribution in [0, 0.1) is 23.7 Å². The van der Waals surface area contributed by atoms with Gasteiger partial charge in [0, 0.05) is 18.2 Å². The SMILES string of the molecule is Oc1cccc(CNC2C3CC4CC(C3)CC2C4)c1O. The van der Waals surface area contributed by atoms with Crippen LogP contribution in [0.1, 0.15) is 37.7 Å². The molecule has 0 aromatic heterocycles. The van der Waals surface area contributed by atoms with Crippen molar-refractivity contribution in [2.24, 2.45) is 23.7 Å². The van der Waals surface area contributed by atoms with Crippen molar-refractivity contribution in [1.29, 1.82) is 0 Å². The molecule has 4 fully saturated rings. The van der Waals surface area contributed by atoms with Gasteiger partial charge in [0.25, 0.3) is 0 Å². The summed E-state index contributed by atoms with van der Waals surface area (Å²) in [7, 11) is 0. The average molecular weight is 273 g/mol. The van der Waals surface area contributed by atoms with Crippen molar-refractivity contribution in [3.8, 4) is 11.5 Å². The number of hydrogen-bond donors (Lipinski definition) is 3. The molecule has 3 nitrogen and oxygen atoms in total. The summed E-state index contributed by atoms with van der Waals surface area (Å²) in [5.74, 6) is 3.67. The van der Waals surface area contributed by atoms with E-state index in [1.54, 1.807) is 6.07 Å². The van der Waals surface area contributed by atoms with Crippen molar-refractivity contribution in [1.82, 2.24) is 5.32 Å². The van der Waals surface area contributed by atoms with Gasteiger partial charge in [0.15, 0.2) is 11.5 Å².